The highest BCUT2D eigenvalue weighted by Gasteiger charge is 2.39. The first-order valence-corrected chi connectivity index (χ1v) is 18.5. The topological polar surface area (TPSA) is 301 Å². The molecule has 1 saturated heterocycles. The van der Waals surface area contributed by atoms with E-state index >= 15 is 0 Å². The molecule has 20 heteroatoms. The number of hydrogen-bond acceptors (Lipinski definition) is 11. The Morgan fingerprint density at radius 3 is 2.00 bits per heavy atom. The van der Waals surface area contributed by atoms with E-state index in [1.807, 2.05) is 20.1 Å². The van der Waals surface area contributed by atoms with Crippen LogP contribution in [0.25, 0.3) is 0 Å². The summed E-state index contributed by atoms with van der Waals surface area (Å²) in [5.41, 5.74) is 10.6. The van der Waals surface area contributed by atoms with Crippen molar-refractivity contribution in [3.05, 3.63) is 0 Å². The Morgan fingerprint density at radius 2 is 1.44 bits per heavy atom. The molecule has 0 saturated carbocycles. The fraction of sp³-hybridized carbons (Fsp3) is 0.719. The number of rotatable bonds is 23. The van der Waals surface area contributed by atoms with Gasteiger partial charge in [-0.05, 0) is 55.9 Å². The number of carboxylic acid groups (broad SMARTS) is 1. The van der Waals surface area contributed by atoms with E-state index in [9.17, 15) is 43.2 Å². The van der Waals surface area contributed by atoms with E-state index in [0.717, 1.165) is 0 Å². The summed E-state index contributed by atoms with van der Waals surface area (Å²) in [4.78, 5) is 115. The highest BCUT2D eigenvalue weighted by Crippen LogP contribution is 2.20. The second-order valence-electron chi connectivity index (χ2n) is 13.2. The average molecular weight is 758 g/mol. The van der Waals surface area contributed by atoms with E-state index < -0.39 is 102 Å². The van der Waals surface area contributed by atoms with Crippen LogP contribution in [0.5, 0.6) is 0 Å². The maximum atomic E-state index is 13.7. The monoisotopic (exact) mass is 757 g/mol. The molecule has 294 valence electrons. The van der Waals surface area contributed by atoms with E-state index in [1.165, 1.54) is 16.7 Å². The molecule has 0 bridgehead atoms. The molecule has 5 atom stereocenters. The number of carbonyl (C=O) groups excluding carboxylic acids is 8. The Labute approximate surface area is 307 Å². The zero-order valence-corrected chi connectivity index (χ0v) is 31.3. The lowest BCUT2D eigenvalue weighted by Crippen LogP contribution is -2.60. The molecular weight excluding hydrogens is 702 g/mol. The fourth-order valence-electron chi connectivity index (χ4n) is 5.35. The first-order chi connectivity index (χ1) is 24.4. The van der Waals surface area contributed by atoms with Gasteiger partial charge >= 0.3 is 5.97 Å². The van der Waals surface area contributed by atoms with Crippen molar-refractivity contribution in [3.63, 3.8) is 0 Å². The van der Waals surface area contributed by atoms with Gasteiger partial charge in [-0.15, -0.1) is 0 Å². The minimum atomic E-state index is -1.31. The summed E-state index contributed by atoms with van der Waals surface area (Å²) in [5, 5.41) is 24.0. The summed E-state index contributed by atoms with van der Waals surface area (Å²) in [6, 6.07) is -5.69. The third-order valence-electron chi connectivity index (χ3n) is 8.03. The van der Waals surface area contributed by atoms with Gasteiger partial charge in [0.2, 0.25) is 47.3 Å². The molecule has 0 aliphatic carbocycles. The Balaban J connectivity index is 3.19. The third kappa shape index (κ3) is 16.3. The molecule has 1 rings (SSSR count). The summed E-state index contributed by atoms with van der Waals surface area (Å²) in [6.45, 7) is 5.75. The van der Waals surface area contributed by atoms with Crippen molar-refractivity contribution in [1.82, 2.24) is 36.8 Å². The van der Waals surface area contributed by atoms with Gasteiger partial charge in [0, 0.05) is 13.0 Å². The van der Waals surface area contributed by atoms with Crippen molar-refractivity contribution < 1.29 is 48.3 Å². The number of amides is 8. The Morgan fingerprint density at radius 1 is 0.808 bits per heavy atom. The summed E-state index contributed by atoms with van der Waals surface area (Å²) >= 11 is 1.44. The smallest absolute Gasteiger partial charge is 0.322 e. The zero-order chi connectivity index (χ0) is 39.5. The van der Waals surface area contributed by atoms with Gasteiger partial charge < -0.3 is 53.4 Å². The lowest BCUT2D eigenvalue weighted by atomic mass is 9.99. The van der Waals surface area contributed by atoms with Crippen molar-refractivity contribution in [2.24, 2.45) is 23.3 Å². The first-order valence-electron chi connectivity index (χ1n) is 17.2. The lowest BCUT2D eigenvalue weighted by molar-refractivity contribution is -0.143. The number of aliphatic carboxylic acids is 1. The predicted octanol–water partition coefficient (Wildman–Crippen LogP) is -3.09. The number of thioether (sulfide) groups is 1. The summed E-state index contributed by atoms with van der Waals surface area (Å²) in [6.07, 6.45) is 2.41. The molecule has 0 aromatic heterocycles. The van der Waals surface area contributed by atoms with Crippen molar-refractivity contribution in [1.29, 1.82) is 0 Å². The molecule has 8 amide bonds. The van der Waals surface area contributed by atoms with E-state index in [0.29, 0.717) is 12.2 Å². The summed E-state index contributed by atoms with van der Waals surface area (Å²) in [5.74, 6) is -6.78. The largest absolute Gasteiger partial charge is 0.480 e. The van der Waals surface area contributed by atoms with Crippen molar-refractivity contribution in [2.75, 3.05) is 38.2 Å². The maximum absolute atomic E-state index is 13.7. The van der Waals surface area contributed by atoms with Gasteiger partial charge in [0.15, 0.2) is 0 Å². The minimum absolute atomic E-state index is 0.0926. The summed E-state index contributed by atoms with van der Waals surface area (Å²) < 4.78 is 0. The molecule has 19 nitrogen and oxygen atoms in total. The molecule has 52 heavy (non-hydrogen) atoms. The van der Waals surface area contributed by atoms with Gasteiger partial charge in [-0.25, -0.2) is 0 Å². The molecule has 0 spiro atoms. The van der Waals surface area contributed by atoms with Crippen LogP contribution in [-0.2, 0) is 43.2 Å². The van der Waals surface area contributed by atoms with Gasteiger partial charge in [-0.3, -0.25) is 43.2 Å². The van der Waals surface area contributed by atoms with Gasteiger partial charge in [0.25, 0.3) is 0 Å². The highest BCUT2D eigenvalue weighted by atomic mass is 32.2. The van der Waals surface area contributed by atoms with Gasteiger partial charge in [0.1, 0.15) is 36.8 Å². The molecule has 0 aromatic carbocycles. The zero-order valence-electron chi connectivity index (χ0n) is 30.5. The normalized spacial score (nSPS) is 16.2. The number of carbonyl (C=O) groups is 9. The number of likely N-dealkylation sites (tertiary alicyclic amines) is 1. The fourth-order valence-corrected chi connectivity index (χ4v) is 5.83. The summed E-state index contributed by atoms with van der Waals surface area (Å²) in [7, 11) is 0. The van der Waals surface area contributed by atoms with Gasteiger partial charge in [0.05, 0.1) is 13.1 Å². The molecule has 1 fully saturated rings. The van der Waals surface area contributed by atoms with Crippen LogP contribution >= 0.6 is 11.8 Å². The molecule has 1 aliphatic rings. The number of carboxylic acids is 1. The van der Waals surface area contributed by atoms with Crippen LogP contribution in [-0.4, -0.2) is 132 Å². The standard InChI is InChI=1S/C32H55N9O10S/c1-17(2)13-21(39-28(47)19(10-12-52-5)37-25(44)15-35-24(43)14-33)29(48)40-27(18(3)4)31(50)38-20(8-9-23(34)42)32(51)41-11-6-7-22(41)30(49)36-16-26(45)46/h17-22,27H,6-16,33H2,1-5H3,(H2,34,42)(H,35,43)(H,36,49)(H,37,44)(H,38,50)(H,39,47)(H,40,48)(H,45,46)/t19-,20-,21-,22-,27-/m0/s1. The highest BCUT2D eigenvalue weighted by molar-refractivity contribution is 7.98. The van der Waals surface area contributed by atoms with Crippen LogP contribution in [0.2, 0.25) is 0 Å². The Kier molecular flexibility index (Phi) is 20.3. The van der Waals surface area contributed by atoms with E-state index in [2.05, 4.69) is 31.9 Å². The first kappa shape index (κ1) is 45.6. The lowest BCUT2D eigenvalue weighted by Gasteiger charge is -2.31. The SMILES string of the molecule is CSCC[C@H](NC(=O)CNC(=O)CN)C(=O)N[C@@H](CC(C)C)C(=O)N[C@H](C(=O)N[C@@H](CCC(N)=O)C(=O)N1CCC[C@H]1C(=O)NCC(=O)O)C(C)C. The number of hydrogen-bond donors (Lipinski definition) is 9. The molecule has 1 aliphatic heterocycles. The van der Waals surface area contributed by atoms with Crippen LogP contribution in [0.1, 0.15) is 66.2 Å². The third-order valence-corrected chi connectivity index (χ3v) is 8.67. The van der Waals surface area contributed by atoms with E-state index in [1.54, 1.807) is 13.8 Å². The number of nitrogens with zero attached hydrogens (tertiary/aromatic N) is 1. The average Bonchev–Trinajstić information content (AvgIpc) is 3.57. The second-order valence-corrected chi connectivity index (χ2v) is 14.2. The van der Waals surface area contributed by atoms with Crippen molar-refractivity contribution in [2.45, 2.75) is 96.4 Å². The molecule has 0 aromatic rings. The predicted molar refractivity (Wildman–Crippen MR) is 191 cm³/mol. The van der Waals surface area contributed by atoms with E-state index in [-0.39, 0.29) is 51.1 Å². The molecular formula is C32H55N9O10S. The van der Waals surface area contributed by atoms with Crippen LogP contribution in [0.15, 0.2) is 0 Å². The molecule has 1 heterocycles. The molecule has 0 radical (unpaired) electrons. The van der Waals surface area contributed by atoms with Crippen LogP contribution in [0, 0.1) is 11.8 Å². The van der Waals surface area contributed by atoms with Crippen LogP contribution in [0.4, 0.5) is 0 Å². The van der Waals surface area contributed by atoms with Gasteiger partial charge in [-0.2, -0.15) is 11.8 Å². The Bertz CT molecular complexity index is 1300. The quantitative estimate of drug-likeness (QED) is 0.0501. The van der Waals surface area contributed by atoms with Crippen molar-refractivity contribution >= 4 is 65.0 Å². The van der Waals surface area contributed by atoms with Gasteiger partial charge in [-0.1, -0.05) is 27.7 Å². The second kappa shape index (κ2) is 23.2. The van der Waals surface area contributed by atoms with Crippen LogP contribution in [0.3, 0.4) is 0 Å². The molecule has 11 N–H and O–H groups in total. The maximum Gasteiger partial charge on any atom is 0.322 e. The van der Waals surface area contributed by atoms with E-state index in [4.69, 9.17) is 16.6 Å². The molecule has 0 unspecified atom stereocenters. The number of primary amides is 1. The minimum Gasteiger partial charge on any atom is -0.480 e. The Hall–Kier alpha value is -4.46. The number of nitrogens with one attached hydrogen (secondary N) is 6. The van der Waals surface area contributed by atoms with Crippen LogP contribution < -0.4 is 43.4 Å². The number of nitrogens with two attached hydrogens (primary N) is 2. The van der Waals surface area contributed by atoms with Crippen molar-refractivity contribution in [3.8, 4) is 0 Å².